The number of nitrogens with one attached hydrogen (secondary N) is 3. The highest BCUT2D eigenvalue weighted by Crippen LogP contribution is 2.61. The Morgan fingerprint density at radius 1 is 0.670 bits per heavy atom. The van der Waals surface area contributed by atoms with E-state index < -0.39 is 92.2 Å². The molecule has 3 unspecified atom stereocenters. The number of halogens is 7. The van der Waals surface area contributed by atoms with Crippen LogP contribution in [0.2, 0.25) is 0 Å². The normalized spacial score (nSPS) is 16.0. The van der Waals surface area contributed by atoms with Crippen molar-refractivity contribution in [2.45, 2.75) is 70.6 Å². The molecule has 0 spiro atoms. The Morgan fingerprint density at radius 3 is 1.41 bits per heavy atom. The first kappa shape index (κ1) is 85.4. The maximum absolute atomic E-state index is 13.6. The van der Waals surface area contributed by atoms with Crippen molar-refractivity contribution in [1.29, 1.82) is 0 Å². The average Bonchev–Trinajstić information content (AvgIpc) is 1.84. The van der Waals surface area contributed by atoms with Crippen LogP contribution in [-0.4, -0.2) is 119 Å². The number of benzene rings is 4. The third-order valence-corrected chi connectivity index (χ3v) is 14.7. The minimum Gasteiger partial charge on any atom is -0.508 e. The Kier molecular flexibility index (Phi) is 40.0. The first-order valence-corrected chi connectivity index (χ1v) is 37.0. The number of aryl methyl sites for hydroxylation is 1. The quantitative estimate of drug-likeness (QED) is 0.0107. The molecular weight excluding hydrogens is 1440 g/mol. The number of phenolic OH excluding ortho intramolecular Hbond substituents is 1. The van der Waals surface area contributed by atoms with Gasteiger partial charge in [0.2, 0.25) is 0 Å². The molecule has 0 radical (unpaired) electrons. The molecule has 1 aliphatic rings. The van der Waals surface area contributed by atoms with Gasteiger partial charge < -0.3 is 62.3 Å². The van der Waals surface area contributed by atoms with Crippen molar-refractivity contribution in [2.75, 3.05) is 56.4 Å². The van der Waals surface area contributed by atoms with Gasteiger partial charge >= 0.3 is 49.5 Å². The first-order chi connectivity index (χ1) is 42.0. The minimum absolute atomic E-state index is 0. The zero-order chi connectivity index (χ0) is 68.6. The van der Waals surface area contributed by atoms with Crippen molar-refractivity contribution in [3.63, 3.8) is 0 Å². The lowest BCUT2D eigenvalue weighted by Gasteiger charge is -2.24. The standard InChI is InChI=1S/C21H27N6O9P.C11H15ClNO5P.C7H7Cl2O3P.C7H8O2.C4H9NO2.Cl3OP.ClH/c1-12-10-27(21(30)23-19(12)28)18-9-16(24-26-22)17(35-18)11-34-37(31,25-13(2)20(29)33-4)36-15-7-5-14(32-3)6-8-15;1-8(11(14)17-3)13-19(12,15)18-10-6-4-9(16-2)5-7-10;1-11-6-2-4-7(5-3-6)12-13(8,9)10;1-9-7-4-2-6(8)3-5-7;1-3(5)4(6)7-2;1-5(2,3)4;/h5-8,10,13,16-18H,9,11H2,1-4H3,(H,25,31)(H,23,28,30);4-8H,1-3H3,(H,13,15);2-5H,1H3;2-5,8H,1H3;3H,5H2,1-2H3;;1H/t13-,16?,17+,18+,37?;8-,19?;;;3-;;/m00..0../s1. The Bertz CT molecular complexity index is 3400. The predicted molar refractivity (Wildman–Crippen MR) is 347 cm³/mol. The van der Waals surface area contributed by atoms with E-state index in [1.807, 2.05) is 0 Å². The van der Waals surface area contributed by atoms with Gasteiger partial charge in [-0.25, -0.2) is 23.6 Å². The summed E-state index contributed by atoms with van der Waals surface area (Å²) in [6, 6.07) is 22.3. The number of hydrogen-bond acceptors (Lipinski definition) is 24. The van der Waals surface area contributed by atoms with E-state index >= 15 is 0 Å². The number of nitrogens with two attached hydrogens (primary N) is 1. The van der Waals surface area contributed by atoms with E-state index in [1.165, 1.54) is 79.2 Å². The number of nitrogens with zero attached hydrogens (tertiary/aromatic N) is 4. The second-order valence-corrected chi connectivity index (χ2v) is 32.5. The van der Waals surface area contributed by atoms with Gasteiger partial charge in [0.25, 0.3) is 5.56 Å². The molecule has 41 heteroatoms. The van der Waals surface area contributed by atoms with E-state index in [1.54, 1.807) is 106 Å². The van der Waals surface area contributed by atoms with E-state index in [0.29, 0.717) is 28.7 Å². The molecule has 5 aromatic rings. The Balaban J connectivity index is 0.00000124. The molecule has 6 N–H and O–H groups in total. The van der Waals surface area contributed by atoms with Crippen molar-refractivity contribution in [3.05, 3.63) is 140 Å². The van der Waals surface area contributed by atoms with Crippen LogP contribution in [0.3, 0.4) is 0 Å². The summed E-state index contributed by atoms with van der Waals surface area (Å²) in [6.07, 6.45) is -3.93. The molecule has 1 saturated heterocycles. The van der Waals surface area contributed by atoms with Crippen molar-refractivity contribution < 1.29 is 93.7 Å². The number of carbonyl (C=O) groups is 3. The average molecular weight is 1500 g/mol. The highest BCUT2D eigenvalue weighted by atomic mass is 36.0. The smallest absolute Gasteiger partial charge is 0.459 e. The zero-order valence-electron chi connectivity index (χ0n) is 50.0. The molecule has 30 nitrogen and oxygen atoms in total. The first-order valence-electron chi connectivity index (χ1n) is 25.1. The van der Waals surface area contributed by atoms with Crippen molar-refractivity contribution in [3.8, 4) is 46.0 Å². The Labute approximate surface area is 557 Å². The van der Waals surface area contributed by atoms with E-state index in [-0.39, 0.29) is 41.9 Å². The number of rotatable bonds is 22. The van der Waals surface area contributed by atoms with Gasteiger partial charge in [-0.05, 0) is 164 Å². The summed E-state index contributed by atoms with van der Waals surface area (Å²) in [5.41, 5.74) is 13.1. The molecule has 6 rings (SSSR count). The summed E-state index contributed by atoms with van der Waals surface area (Å²) in [5.74, 6) is 1.98. The molecule has 1 aromatic heterocycles. The van der Waals surface area contributed by atoms with Crippen LogP contribution in [0.1, 0.15) is 39.0 Å². The van der Waals surface area contributed by atoms with E-state index in [2.05, 4.69) is 73.1 Å². The molecule has 1 aliphatic heterocycles. The molecule has 508 valence electrons. The number of aromatic nitrogens is 2. The van der Waals surface area contributed by atoms with Crippen LogP contribution in [0.25, 0.3) is 10.4 Å². The summed E-state index contributed by atoms with van der Waals surface area (Å²) >= 11 is 30.0. The fraction of sp³-hybridized carbons (Fsp3) is 0.380. The van der Waals surface area contributed by atoms with E-state index in [9.17, 15) is 42.2 Å². The molecule has 0 saturated carbocycles. The summed E-state index contributed by atoms with van der Waals surface area (Å²) in [6.45, 7) is 1.90. The van der Waals surface area contributed by atoms with Gasteiger partial charge in [0.05, 0.1) is 68.5 Å². The number of aromatic amines is 1. The van der Waals surface area contributed by atoms with Crippen LogP contribution in [0.5, 0.6) is 46.0 Å². The number of methoxy groups -OCH3 is 7. The van der Waals surface area contributed by atoms with Crippen LogP contribution < -0.4 is 59.7 Å². The Hall–Kier alpha value is -5.57. The van der Waals surface area contributed by atoms with Gasteiger partial charge in [0.15, 0.2) is 0 Å². The van der Waals surface area contributed by atoms with Crippen LogP contribution in [-0.2, 0) is 56.1 Å². The molecule has 4 aromatic carbocycles. The number of ether oxygens (including phenoxy) is 8. The lowest BCUT2D eigenvalue weighted by molar-refractivity contribution is -0.143. The number of aromatic hydroxyl groups is 1. The number of hydrogen-bond donors (Lipinski definition) is 5. The van der Waals surface area contributed by atoms with Crippen molar-refractivity contribution >= 4 is 124 Å². The molecule has 2 heterocycles. The summed E-state index contributed by atoms with van der Waals surface area (Å²) < 4.78 is 107. The monoisotopic (exact) mass is 1500 g/mol. The fourth-order valence-corrected chi connectivity index (χ4v) is 10.4. The van der Waals surface area contributed by atoms with E-state index in [4.69, 9.17) is 91.9 Å². The molecule has 1 fully saturated rings. The number of H-pyrrole nitrogens is 1. The summed E-state index contributed by atoms with van der Waals surface area (Å²) in [7, 11) is 5.64. The van der Waals surface area contributed by atoms with Gasteiger partial charge in [0, 0.05) is 56.8 Å². The topological polar surface area (TPSA) is 404 Å². The number of azide groups is 1. The second kappa shape index (κ2) is 42.6. The SMILES string of the molecule is COC(=O)[C@H](C)N.COC(=O)[C@H](C)NP(=O)(Cl)Oc1ccc(OC)cc1.COC(=O)[C@H](C)NP(=O)(OC[C@H]1O[C@@H](n2cc(C)c(=O)[nH]c2=O)CC1N=[N+]=[N-])Oc1ccc(OC)cc1.COc1ccc(O)cc1.COc1ccc(OP(=O)(Cl)Cl)cc1.Cl.O=P(Cl)(Cl)Cl. The summed E-state index contributed by atoms with van der Waals surface area (Å²) in [4.78, 5) is 62.3. The zero-order valence-corrected chi connectivity index (χ0v) is 59.0. The molecule has 8 atom stereocenters. The largest absolute Gasteiger partial charge is 0.508 e. The summed E-state index contributed by atoms with van der Waals surface area (Å²) in [5, 5.41) is 14.2. The second-order valence-electron chi connectivity index (χ2n) is 17.3. The van der Waals surface area contributed by atoms with Crippen molar-refractivity contribution in [1.82, 2.24) is 19.7 Å². The maximum atomic E-state index is 13.6. The third-order valence-electron chi connectivity index (χ3n) is 10.6. The molecule has 0 aliphatic carbocycles. The van der Waals surface area contributed by atoms with Gasteiger partial charge in [-0.15, -0.1) is 12.4 Å². The Morgan fingerprint density at radius 2 is 1.04 bits per heavy atom. The lowest BCUT2D eigenvalue weighted by atomic mass is 10.1. The predicted octanol–water partition coefficient (Wildman–Crippen LogP) is 12.5. The minimum atomic E-state index is -4.22. The fourth-order valence-electron chi connectivity index (χ4n) is 6.31. The number of carbonyl (C=O) groups excluding carboxylic acids is 3. The third kappa shape index (κ3) is 35.9. The van der Waals surface area contributed by atoms with E-state index in [0.717, 1.165) is 5.75 Å². The van der Waals surface area contributed by atoms with Crippen LogP contribution in [0.15, 0.2) is 118 Å². The molecule has 0 amide bonds. The number of phenols is 1. The highest BCUT2D eigenvalue weighted by molar-refractivity contribution is 8.24. The lowest BCUT2D eigenvalue weighted by Crippen LogP contribution is -2.36. The van der Waals surface area contributed by atoms with Crippen LogP contribution >= 0.6 is 106 Å². The van der Waals surface area contributed by atoms with Crippen LogP contribution in [0.4, 0.5) is 0 Å². The highest BCUT2D eigenvalue weighted by Gasteiger charge is 2.40. The molecular formula is C50H67Cl7N8O22P4. The molecule has 0 bridgehead atoms. The molecule has 91 heavy (non-hydrogen) atoms. The van der Waals surface area contributed by atoms with Gasteiger partial charge in [-0.1, -0.05) is 5.11 Å². The van der Waals surface area contributed by atoms with Gasteiger partial charge in [-0.2, -0.15) is 5.09 Å². The van der Waals surface area contributed by atoms with Crippen molar-refractivity contribution in [2.24, 2.45) is 10.8 Å². The van der Waals surface area contributed by atoms with Gasteiger partial charge in [-0.3, -0.25) is 37.8 Å². The number of esters is 3. The van der Waals surface area contributed by atoms with Crippen LogP contribution in [0, 0.1) is 6.92 Å². The van der Waals surface area contributed by atoms with Gasteiger partial charge in [0.1, 0.15) is 70.3 Å². The maximum Gasteiger partial charge on any atom is 0.459 e.